The minimum atomic E-state index is 0.0767. The van der Waals surface area contributed by atoms with Crippen molar-refractivity contribution in [2.45, 2.75) is 20.3 Å². The molecule has 1 aliphatic carbocycles. The molecular weight excluding hydrogens is 354 g/mol. The number of benzene rings is 2. The number of nitrogens with zero attached hydrogens (tertiary/aromatic N) is 1. The van der Waals surface area contributed by atoms with Gasteiger partial charge in [0.1, 0.15) is 5.75 Å². The van der Waals surface area contributed by atoms with Gasteiger partial charge in [0.05, 0.1) is 6.61 Å². The van der Waals surface area contributed by atoms with E-state index in [-0.39, 0.29) is 12.6 Å². The van der Waals surface area contributed by atoms with E-state index in [0.717, 1.165) is 33.7 Å². The Morgan fingerprint density at radius 3 is 2.54 bits per heavy atom. The summed E-state index contributed by atoms with van der Waals surface area (Å²) in [6, 6.07) is 10.0. The van der Waals surface area contributed by atoms with Crippen LogP contribution in [0.1, 0.15) is 30.5 Å². The molecule has 1 aliphatic heterocycles. The van der Waals surface area contributed by atoms with Crippen molar-refractivity contribution < 1.29 is 19.0 Å². The van der Waals surface area contributed by atoms with Crippen LogP contribution in [-0.4, -0.2) is 33.3 Å². The van der Waals surface area contributed by atoms with E-state index in [0.29, 0.717) is 30.4 Å². The van der Waals surface area contributed by atoms with E-state index in [1.165, 1.54) is 0 Å². The van der Waals surface area contributed by atoms with Gasteiger partial charge in [-0.25, -0.2) is 0 Å². The highest BCUT2D eigenvalue weighted by Crippen LogP contribution is 2.43. The summed E-state index contributed by atoms with van der Waals surface area (Å²) >= 11 is 0. The van der Waals surface area contributed by atoms with Crippen molar-refractivity contribution in [3.8, 4) is 17.2 Å². The van der Waals surface area contributed by atoms with E-state index in [9.17, 15) is 4.79 Å². The number of anilines is 1. The number of hydrogen-bond donors (Lipinski definition) is 0. The first-order valence-electron chi connectivity index (χ1n) is 9.54. The molecule has 5 nitrogen and oxygen atoms in total. The summed E-state index contributed by atoms with van der Waals surface area (Å²) in [5.41, 5.74) is 4.79. The van der Waals surface area contributed by atoms with Crippen LogP contribution < -0.4 is 19.1 Å². The number of fused-ring (bicyclic) bond motifs is 2. The van der Waals surface area contributed by atoms with Gasteiger partial charge in [-0.3, -0.25) is 4.79 Å². The molecule has 0 saturated heterocycles. The first-order chi connectivity index (χ1) is 13.4. The number of carbonyl (C=O) groups excluding carboxylic acids is 1. The van der Waals surface area contributed by atoms with Crippen LogP contribution in [0.5, 0.6) is 17.2 Å². The van der Waals surface area contributed by atoms with E-state index in [4.69, 9.17) is 14.2 Å². The van der Waals surface area contributed by atoms with Gasteiger partial charge in [-0.1, -0.05) is 13.8 Å². The van der Waals surface area contributed by atoms with E-state index in [1.807, 2.05) is 49.3 Å². The number of ether oxygens (including phenoxy) is 3. The van der Waals surface area contributed by atoms with Crippen molar-refractivity contribution in [3.05, 3.63) is 53.1 Å². The summed E-state index contributed by atoms with van der Waals surface area (Å²) < 4.78 is 17.2. The molecule has 1 heterocycles. The largest absolute Gasteiger partial charge is 0.493 e. The molecule has 2 aromatic rings. The van der Waals surface area contributed by atoms with Crippen molar-refractivity contribution in [1.82, 2.24) is 0 Å². The normalized spacial score (nSPS) is 14.8. The molecule has 0 unspecified atom stereocenters. The van der Waals surface area contributed by atoms with Crippen LogP contribution >= 0.6 is 0 Å². The molecule has 0 bridgehead atoms. The molecule has 146 valence electrons. The Kier molecular flexibility index (Phi) is 4.75. The van der Waals surface area contributed by atoms with Gasteiger partial charge in [-0.2, -0.15) is 0 Å². The van der Waals surface area contributed by atoms with Crippen LogP contribution in [0.4, 0.5) is 5.69 Å². The third-order valence-electron chi connectivity index (χ3n) is 4.90. The standard InChI is InChI=1S/C23H25NO4/c1-14(2)12-26-21-9-16(24(3)4)5-6-18(21)20-10-17(25)7-15-8-22-23(11-19(15)20)28-13-27-22/h5-6,8-11,14H,7,12-13H2,1-4H3. The van der Waals surface area contributed by atoms with Crippen molar-refractivity contribution in [2.75, 3.05) is 32.4 Å². The SMILES string of the molecule is CC(C)COc1cc(N(C)C)ccc1C1=CC(=O)Cc2cc3c(cc21)OCO3. The van der Waals surface area contributed by atoms with Crippen LogP contribution in [0.25, 0.3) is 5.57 Å². The number of hydrogen-bond acceptors (Lipinski definition) is 5. The lowest BCUT2D eigenvalue weighted by atomic mass is 9.85. The van der Waals surface area contributed by atoms with E-state index < -0.39 is 0 Å². The monoisotopic (exact) mass is 379 g/mol. The Labute approximate surface area is 165 Å². The molecule has 0 fully saturated rings. The van der Waals surface area contributed by atoms with Crippen molar-refractivity contribution in [2.24, 2.45) is 5.92 Å². The average Bonchev–Trinajstić information content (AvgIpc) is 3.11. The topological polar surface area (TPSA) is 48.0 Å². The molecule has 5 heteroatoms. The van der Waals surface area contributed by atoms with Gasteiger partial charge < -0.3 is 19.1 Å². The van der Waals surface area contributed by atoms with Crippen molar-refractivity contribution in [1.29, 1.82) is 0 Å². The first-order valence-corrected chi connectivity index (χ1v) is 9.54. The molecule has 2 aliphatic rings. The lowest BCUT2D eigenvalue weighted by molar-refractivity contribution is -0.114. The fraction of sp³-hybridized carbons (Fsp3) is 0.348. The summed E-state index contributed by atoms with van der Waals surface area (Å²) in [5.74, 6) is 2.68. The number of rotatable bonds is 5. The van der Waals surface area contributed by atoms with Crippen molar-refractivity contribution in [3.63, 3.8) is 0 Å². The van der Waals surface area contributed by atoms with Gasteiger partial charge in [0.2, 0.25) is 6.79 Å². The highest BCUT2D eigenvalue weighted by atomic mass is 16.7. The van der Waals surface area contributed by atoms with Crippen LogP contribution in [0.2, 0.25) is 0 Å². The minimum absolute atomic E-state index is 0.0767. The summed E-state index contributed by atoms with van der Waals surface area (Å²) in [6.07, 6.45) is 2.09. The van der Waals surface area contributed by atoms with Crippen LogP contribution in [-0.2, 0) is 11.2 Å². The van der Waals surface area contributed by atoms with E-state index in [2.05, 4.69) is 13.8 Å². The highest BCUT2D eigenvalue weighted by Gasteiger charge is 2.26. The second kappa shape index (κ2) is 7.23. The second-order valence-electron chi connectivity index (χ2n) is 7.84. The van der Waals surface area contributed by atoms with Gasteiger partial charge >= 0.3 is 0 Å². The van der Waals surface area contributed by atoms with Crippen molar-refractivity contribution >= 4 is 17.0 Å². The van der Waals surface area contributed by atoms with Gasteiger partial charge in [-0.15, -0.1) is 0 Å². The average molecular weight is 379 g/mol. The summed E-state index contributed by atoms with van der Waals surface area (Å²) in [4.78, 5) is 14.5. The zero-order valence-corrected chi connectivity index (χ0v) is 16.7. The molecule has 0 aromatic heterocycles. The molecule has 0 atom stereocenters. The Bertz CT molecular complexity index is 959. The molecule has 4 rings (SSSR count). The fourth-order valence-electron chi connectivity index (χ4n) is 3.47. The third kappa shape index (κ3) is 3.44. The quantitative estimate of drug-likeness (QED) is 0.784. The molecular formula is C23H25NO4. The molecule has 2 aromatic carbocycles. The maximum absolute atomic E-state index is 12.5. The highest BCUT2D eigenvalue weighted by molar-refractivity contribution is 6.06. The zero-order chi connectivity index (χ0) is 19.8. The first kappa shape index (κ1) is 18.4. The predicted octanol–water partition coefficient (Wildman–Crippen LogP) is 4.07. The van der Waals surface area contributed by atoms with E-state index >= 15 is 0 Å². The Balaban J connectivity index is 1.83. The van der Waals surface area contributed by atoms with Crippen LogP contribution in [0, 0.1) is 5.92 Å². The number of carbonyl (C=O) groups is 1. The smallest absolute Gasteiger partial charge is 0.231 e. The summed E-state index contributed by atoms with van der Waals surface area (Å²) in [6.45, 7) is 5.06. The molecule has 0 spiro atoms. The second-order valence-corrected chi connectivity index (χ2v) is 7.84. The predicted molar refractivity (Wildman–Crippen MR) is 109 cm³/mol. The van der Waals surface area contributed by atoms with E-state index in [1.54, 1.807) is 6.08 Å². The molecule has 28 heavy (non-hydrogen) atoms. The Hall–Kier alpha value is -2.95. The van der Waals surface area contributed by atoms with Crippen LogP contribution in [0.3, 0.4) is 0 Å². The third-order valence-corrected chi connectivity index (χ3v) is 4.90. The number of ketones is 1. The lowest BCUT2D eigenvalue weighted by Gasteiger charge is -2.22. The molecule has 0 amide bonds. The Morgan fingerprint density at radius 2 is 1.82 bits per heavy atom. The van der Waals surface area contributed by atoms with Gasteiger partial charge in [-0.05, 0) is 53.0 Å². The number of allylic oxidation sites excluding steroid dienone is 1. The van der Waals surface area contributed by atoms with Gasteiger partial charge in [0.25, 0.3) is 0 Å². The van der Waals surface area contributed by atoms with Crippen LogP contribution in [0.15, 0.2) is 36.4 Å². The molecule has 0 saturated carbocycles. The fourth-order valence-corrected chi connectivity index (χ4v) is 3.47. The Morgan fingerprint density at radius 1 is 1.07 bits per heavy atom. The maximum atomic E-state index is 12.5. The zero-order valence-electron chi connectivity index (χ0n) is 16.7. The maximum Gasteiger partial charge on any atom is 0.231 e. The summed E-state index contributed by atoms with van der Waals surface area (Å²) in [7, 11) is 4.00. The molecule has 0 N–H and O–H groups in total. The van der Waals surface area contributed by atoms with Gasteiger partial charge in [0.15, 0.2) is 17.3 Å². The lowest BCUT2D eigenvalue weighted by Crippen LogP contribution is -2.13. The minimum Gasteiger partial charge on any atom is -0.493 e. The summed E-state index contributed by atoms with van der Waals surface area (Å²) in [5, 5.41) is 0. The van der Waals surface area contributed by atoms with Gasteiger partial charge in [0, 0.05) is 37.8 Å². The molecule has 0 radical (unpaired) electrons.